The average Bonchev–Trinajstić information content (AvgIpc) is 2.55. The predicted octanol–water partition coefficient (Wildman–Crippen LogP) is 2.26. The van der Waals surface area contributed by atoms with Crippen LogP contribution in [0.25, 0.3) is 0 Å². The first-order chi connectivity index (χ1) is 10.3. The number of aromatic nitrogens is 1. The molecule has 5 nitrogen and oxygen atoms in total. The SMILES string of the molecule is COc1ccc(CNCc2cccnc2C#N)cc1OC. The third-order valence-corrected chi connectivity index (χ3v) is 3.09. The molecule has 1 heterocycles. The molecule has 0 amide bonds. The van der Waals surface area contributed by atoms with Gasteiger partial charge >= 0.3 is 0 Å². The van der Waals surface area contributed by atoms with Crippen LogP contribution in [0.5, 0.6) is 11.5 Å². The Morgan fingerprint density at radius 2 is 1.95 bits per heavy atom. The summed E-state index contributed by atoms with van der Waals surface area (Å²) in [6, 6.07) is 11.6. The summed E-state index contributed by atoms with van der Waals surface area (Å²) < 4.78 is 10.5. The zero-order chi connectivity index (χ0) is 15.1. The van der Waals surface area contributed by atoms with Crippen molar-refractivity contribution < 1.29 is 9.47 Å². The lowest BCUT2D eigenvalue weighted by atomic mass is 10.1. The molecule has 0 atom stereocenters. The van der Waals surface area contributed by atoms with Gasteiger partial charge in [-0.15, -0.1) is 0 Å². The van der Waals surface area contributed by atoms with Gasteiger partial charge in [0, 0.05) is 24.8 Å². The molecule has 0 aliphatic heterocycles. The van der Waals surface area contributed by atoms with Gasteiger partial charge in [-0.25, -0.2) is 4.98 Å². The van der Waals surface area contributed by atoms with E-state index in [0.717, 1.165) is 11.1 Å². The summed E-state index contributed by atoms with van der Waals surface area (Å²) in [7, 11) is 3.23. The lowest BCUT2D eigenvalue weighted by molar-refractivity contribution is 0.354. The average molecular weight is 283 g/mol. The molecule has 108 valence electrons. The monoisotopic (exact) mass is 283 g/mol. The van der Waals surface area contributed by atoms with Gasteiger partial charge in [0.2, 0.25) is 0 Å². The van der Waals surface area contributed by atoms with Gasteiger partial charge in [-0.05, 0) is 23.8 Å². The molecular weight excluding hydrogens is 266 g/mol. The van der Waals surface area contributed by atoms with Crippen molar-refractivity contribution in [2.24, 2.45) is 0 Å². The van der Waals surface area contributed by atoms with Crippen LogP contribution in [0.15, 0.2) is 36.5 Å². The van der Waals surface area contributed by atoms with E-state index in [1.165, 1.54) is 0 Å². The Balaban J connectivity index is 1.99. The number of methoxy groups -OCH3 is 2. The predicted molar refractivity (Wildman–Crippen MR) is 79.0 cm³/mol. The molecule has 0 bridgehead atoms. The van der Waals surface area contributed by atoms with Crippen molar-refractivity contribution in [1.82, 2.24) is 10.3 Å². The zero-order valence-electron chi connectivity index (χ0n) is 12.1. The third kappa shape index (κ3) is 3.71. The minimum absolute atomic E-state index is 0.456. The number of nitrogens with one attached hydrogen (secondary N) is 1. The van der Waals surface area contributed by atoms with Crippen LogP contribution in [0.2, 0.25) is 0 Å². The fourth-order valence-electron chi connectivity index (χ4n) is 2.01. The zero-order valence-corrected chi connectivity index (χ0v) is 12.1. The normalized spacial score (nSPS) is 9.95. The first kappa shape index (κ1) is 14.8. The van der Waals surface area contributed by atoms with Gasteiger partial charge in [-0.1, -0.05) is 12.1 Å². The van der Waals surface area contributed by atoms with Crippen molar-refractivity contribution in [1.29, 1.82) is 5.26 Å². The van der Waals surface area contributed by atoms with Crippen LogP contribution in [0, 0.1) is 11.3 Å². The van der Waals surface area contributed by atoms with Crippen LogP contribution < -0.4 is 14.8 Å². The molecule has 2 aromatic rings. The maximum atomic E-state index is 8.99. The Bertz CT molecular complexity index is 650. The van der Waals surface area contributed by atoms with E-state index in [2.05, 4.69) is 16.4 Å². The number of benzene rings is 1. The van der Waals surface area contributed by atoms with E-state index in [-0.39, 0.29) is 0 Å². The van der Waals surface area contributed by atoms with Gasteiger partial charge in [-0.2, -0.15) is 5.26 Å². The van der Waals surface area contributed by atoms with Gasteiger partial charge < -0.3 is 14.8 Å². The molecular formula is C16H17N3O2. The molecule has 1 N–H and O–H groups in total. The van der Waals surface area contributed by atoms with Crippen LogP contribution in [0.4, 0.5) is 0 Å². The Labute approximate surface area is 124 Å². The number of hydrogen-bond acceptors (Lipinski definition) is 5. The number of hydrogen-bond donors (Lipinski definition) is 1. The third-order valence-electron chi connectivity index (χ3n) is 3.09. The molecule has 1 aromatic heterocycles. The van der Waals surface area contributed by atoms with Crippen molar-refractivity contribution in [3.8, 4) is 17.6 Å². The van der Waals surface area contributed by atoms with Crippen LogP contribution in [-0.4, -0.2) is 19.2 Å². The summed E-state index contributed by atoms with van der Waals surface area (Å²) in [6.07, 6.45) is 1.62. The minimum atomic E-state index is 0.456. The smallest absolute Gasteiger partial charge is 0.161 e. The highest BCUT2D eigenvalue weighted by Gasteiger charge is 2.05. The van der Waals surface area contributed by atoms with Crippen LogP contribution in [0.1, 0.15) is 16.8 Å². The van der Waals surface area contributed by atoms with Crippen molar-refractivity contribution in [3.63, 3.8) is 0 Å². The second-order valence-electron chi connectivity index (χ2n) is 4.42. The van der Waals surface area contributed by atoms with Crippen LogP contribution >= 0.6 is 0 Å². The second kappa shape index (κ2) is 7.27. The molecule has 0 radical (unpaired) electrons. The summed E-state index contributed by atoms with van der Waals surface area (Å²) in [4.78, 5) is 4.04. The molecule has 5 heteroatoms. The minimum Gasteiger partial charge on any atom is -0.493 e. The van der Waals surface area contributed by atoms with E-state index in [1.807, 2.05) is 30.3 Å². The molecule has 0 unspecified atom stereocenters. The summed E-state index contributed by atoms with van der Waals surface area (Å²) in [6.45, 7) is 1.26. The topological polar surface area (TPSA) is 67.2 Å². The van der Waals surface area contributed by atoms with Crippen molar-refractivity contribution in [3.05, 3.63) is 53.3 Å². The fraction of sp³-hybridized carbons (Fsp3) is 0.250. The number of rotatable bonds is 6. The molecule has 21 heavy (non-hydrogen) atoms. The van der Waals surface area contributed by atoms with Crippen molar-refractivity contribution in [2.45, 2.75) is 13.1 Å². The Kier molecular flexibility index (Phi) is 5.13. The number of nitrogens with zero attached hydrogens (tertiary/aromatic N) is 2. The van der Waals surface area contributed by atoms with E-state index in [0.29, 0.717) is 30.3 Å². The van der Waals surface area contributed by atoms with E-state index >= 15 is 0 Å². The first-order valence-corrected chi connectivity index (χ1v) is 6.54. The molecule has 2 rings (SSSR count). The van der Waals surface area contributed by atoms with Crippen LogP contribution in [0.3, 0.4) is 0 Å². The van der Waals surface area contributed by atoms with E-state index in [4.69, 9.17) is 14.7 Å². The molecule has 0 saturated heterocycles. The fourth-order valence-corrected chi connectivity index (χ4v) is 2.01. The van der Waals surface area contributed by atoms with E-state index in [9.17, 15) is 0 Å². The van der Waals surface area contributed by atoms with E-state index < -0.39 is 0 Å². The summed E-state index contributed by atoms with van der Waals surface area (Å²) in [5, 5.41) is 12.3. The van der Waals surface area contributed by atoms with Gasteiger partial charge in [0.25, 0.3) is 0 Å². The highest BCUT2D eigenvalue weighted by atomic mass is 16.5. The number of nitriles is 1. The lowest BCUT2D eigenvalue weighted by Crippen LogP contribution is -2.14. The Morgan fingerprint density at radius 1 is 1.14 bits per heavy atom. The molecule has 0 fully saturated rings. The van der Waals surface area contributed by atoms with Crippen LogP contribution in [-0.2, 0) is 13.1 Å². The number of ether oxygens (including phenoxy) is 2. The highest BCUT2D eigenvalue weighted by Crippen LogP contribution is 2.27. The highest BCUT2D eigenvalue weighted by molar-refractivity contribution is 5.42. The van der Waals surface area contributed by atoms with Gasteiger partial charge in [-0.3, -0.25) is 0 Å². The first-order valence-electron chi connectivity index (χ1n) is 6.54. The number of pyridine rings is 1. The van der Waals surface area contributed by atoms with Gasteiger partial charge in [0.1, 0.15) is 11.8 Å². The summed E-state index contributed by atoms with van der Waals surface area (Å²) in [5.74, 6) is 1.41. The van der Waals surface area contributed by atoms with Crippen molar-refractivity contribution >= 4 is 0 Å². The second-order valence-corrected chi connectivity index (χ2v) is 4.42. The summed E-state index contributed by atoms with van der Waals surface area (Å²) in [5.41, 5.74) is 2.42. The van der Waals surface area contributed by atoms with Gasteiger partial charge in [0.05, 0.1) is 14.2 Å². The standard InChI is InChI=1S/C16H17N3O2/c1-20-15-6-5-12(8-16(15)21-2)10-18-11-13-4-3-7-19-14(13)9-17/h3-8,18H,10-11H2,1-2H3. The summed E-state index contributed by atoms with van der Waals surface area (Å²) >= 11 is 0. The quantitative estimate of drug-likeness (QED) is 0.880. The van der Waals surface area contributed by atoms with Crippen molar-refractivity contribution in [2.75, 3.05) is 14.2 Å². The molecule has 0 saturated carbocycles. The Hall–Kier alpha value is -2.58. The lowest BCUT2D eigenvalue weighted by Gasteiger charge is -2.10. The maximum Gasteiger partial charge on any atom is 0.161 e. The van der Waals surface area contributed by atoms with Gasteiger partial charge in [0.15, 0.2) is 11.5 Å². The molecule has 0 aliphatic rings. The van der Waals surface area contributed by atoms with E-state index in [1.54, 1.807) is 20.4 Å². The Morgan fingerprint density at radius 3 is 2.67 bits per heavy atom. The molecule has 0 aliphatic carbocycles. The largest absolute Gasteiger partial charge is 0.493 e. The molecule has 0 spiro atoms. The maximum absolute atomic E-state index is 8.99. The molecule has 1 aromatic carbocycles.